The average molecular weight is 572 g/mol. The van der Waals surface area contributed by atoms with Gasteiger partial charge in [0, 0.05) is 17.5 Å². The Morgan fingerprint density at radius 1 is 1.13 bits per heavy atom. The molecular formula is C28H36F3NO6S. The van der Waals surface area contributed by atoms with Crippen molar-refractivity contribution in [2.45, 2.75) is 81.4 Å². The summed E-state index contributed by atoms with van der Waals surface area (Å²) in [5.74, 6) is -3.26. The number of esters is 2. The molecule has 1 aliphatic rings. The van der Waals surface area contributed by atoms with Crippen molar-refractivity contribution in [3.63, 3.8) is 0 Å². The van der Waals surface area contributed by atoms with Gasteiger partial charge in [-0.2, -0.15) is 23.8 Å². The third-order valence-electron chi connectivity index (χ3n) is 7.09. The molecule has 0 fully saturated rings. The molecule has 1 heterocycles. The van der Waals surface area contributed by atoms with Crippen molar-refractivity contribution in [2.75, 3.05) is 12.9 Å². The van der Waals surface area contributed by atoms with Crippen LogP contribution >= 0.6 is 10.6 Å². The lowest BCUT2D eigenvalue weighted by Crippen LogP contribution is -2.49. The molecule has 2 aromatic carbocycles. The van der Waals surface area contributed by atoms with Gasteiger partial charge in [0.05, 0.1) is 23.8 Å². The van der Waals surface area contributed by atoms with Crippen LogP contribution in [-0.2, 0) is 20.7 Å². The van der Waals surface area contributed by atoms with E-state index in [0.717, 1.165) is 24.8 Å². The number of halogens is 3. The lowest BCUT2D eigenvalue weighted by Gasteiger charge is -2.42. The maximum atomic E-state index is 12.4. The van der Waals surface area contributed by atoms with Gasteiger partial charge in [-0.05, 0) is 48.9 Å². The van der Waals surface area contributed by atoms with Gasteiger partial charge in [0.25, 0.3) is 0 Å². The third-order valence-corrected chi connectivity index (χ3v) is 9.10. The first-order chi connectivity index (χ1) is 18.4. The van der Waals surface area contributed by atoms with Crippen LogP contribution in [0, 0.1) is 0 Å². The van der Waals surface area contributed by atoms with E-state index in [9.17, 15) is 31.9 Å². The zero-order chi connectivity index (χ0) is 28.8. The molecule has 1 aliphatic heterocycles. The van der Waals surface area contributed by atoms with Crippen LogP contribution in [0.15, 0.2) is 47.4 Å². The highest BCUT2D eigenvalue weighted by Crippen LogP contribution is 2.58. The minimum atomic E-state index is -5.25. The second kappa shape index (κ2) is 12.7. The van der Waals surface area contributed by atoms with Crippen LogP contribution in [0.25, 0.3) is 0 Å². The summed E-state index contributed by atoms with van der Waals surface area (Å²) >= 11 is 0. The van der Waals surface area contributed by atoms with Crippen molar-refractivity contribution in [2.24, 2.45) is 0 Å². The van der Waals surface area contributed by atoms with Crippen molar-refractivity contribution in [3.8, 4) is 5.75 Å². The van der Waals surface area contributed by atoms with E-state index < -0.39 is 40.7 Å². The van der Waals surface area contributed by atoms with E-state index in [1.54, 1.807) is 12.1 Å². The van der Waals surface area contributed by atoms with E-state index in [-0.39, 0.29) is 24.6 Å². The molecule has 0 unspecified atom stereocenters. The van der Waals surface area contributed by atoms with E-state index in [4.69, 9.17) is 4.74 Å². The summed E-state index contributed by atoms with van der Waals surface area (Å²) < 4.78 is 69.7. The largest absolute Gasteiger partial charge is 0.496 e. The van der Waals surface area contributed by atoms with Crippen LogP contribution in [0.3, 0.4) is 0 Å². The van der Waals surface area contributed by atoms with Gasteiger partial charge in [-0.1, -0.05) is 57.0 Å². The number of unbranched alkanes of at least 4 members (excludes halogenated alkanes) is 1. The number of nitrogens with one attached hydrogen (secondary N) is 1. The summed E-state index contributed by atoms with van der Waals surface area (Å²) in [6, 6.07) is 12.8. The number of hydrogen-bond donors (Lipinski definition) is 3. The summed E-state index contributed by atoms with van der Waals surface area (Å²) in [6.45, 7) is 4.12. The summed E-state index contributed by atoms with van der Waals surface area (Å²) in [4.78, 5) is 23.1. The van der Waals surface area contributed by atoms with Gasteiger partial charge < -0.3 is 9.47 Å². The number of carbonyl (C=O) groups excluding carboxylic acids is 2. The van der Waals surface area contributed by atoms with Crippen LogP contribution in [0.5, 0.6) is 5.75 Å². The van der Waals surface area contributed by atoms with Crippen molar-refractivity contribution >= 4 is 22.5 Å². The molecule has 0 aliphatic carbocycles. The molecule has 2 atom stereocenters. The number of fused-ring (bicyclic) bond motifs is 1. The molecule has 0 saturated heterocycles. The van der Waals surface area contributed by atoms with Gasteiger partial charge >= 0.3 is 18.1 Å². The van der Waals surface area contributed by atoms with Gasteiger partial charge in [-0.25, -0.2) is 4.79 Å². The summed E-state index contributed by atoms with van der Waals surface area (Å²) in [7, 11) is -1.80. The minimum Gasteiger partial charge on any atom is -0.496 e. The Kier molecular flexibility index (Phi) is 10.1. The van der Waals surface area contributed by atoms with Crippen LogP contribution in [-0.4, -0.2) is 45.6 Å². The number of hydrogen-bond acceptors (Lipinski definition) is 7. The fourth-order valence-electron chi connectivity index (χ4n) is 4.98. The molecule has 2 aromatic rings. The molecule has 0 amide bonds. The Morgan fingerprint density at radius 2 is 1.82 bits per heavy atom. The van der Waals surface area contributed by atoms with Gasteiger partial charge in [0.15, 0.2) is 0 Å². The number of benzene rings is 2. The molecule has 0 saturated carbocycles. The third kappa shape index (κ3) is 7.53. The van der Waals surface area contributed by atoms with Gasteiger partial charge in [-0.3, -0.25) is 19.2 Å². The van der Waals surface area contributed by atoms with Gasteiger partial charge in [0.1, 0.15) is 5.75 Å². The van der Waals surface area contributed by atoms with Crippen LogP contribution in [0.4, 0.5) is 13.2 Å². The molecule has 0 radical (unpaired) electrons. The van der Waals surface area contributed by atoms with Crippen LogP contribution in [0.1, 0.15) is 75.1 Å². The van der Waals surface area contributed by atoms with Crippen molar-refractivity contribution in [1.29, 1.82) is 0 Å². The van der Waals surface area contributed by atoms with Gasteiger partial charge in [0.2, 0.25) is 0 Å². The smallest absolute Gasteiger partial charge is 0.491 e. The lowest BCUT2D eigenvalue weighted by molar-refractivity contribution is -0.201. The molecule has 7 nitrogen and oxygen atoms in total. The fourth-order valence-corrected chi connectivity index (χ4v) is 7.23. The number of methoxy groups -OCH3 is 1. The minimum absolute atomic E-state index is 0.0636. The number of rotatable bonds is 10. The highest BCUT2D eigenvalue weighted by atomic mass is 32.3. The van der Waals surface area contributed by atoms with E-state index >= 15 is 0 Å². The Hall–Kier alpha value is -2.60. The maximum absolute atomic E-state index is 12.4. The number of aryl methyl sites for hydroxylation is 1. The predicted octanol–water partition coefficient (Wildman–Crippen LogP) is 6.79. The Labute approximate surface area is 228 Å². The van der Waals surface area contributed by atoms with E-state index in [2.05, 4.69) is 17.0 Å². The molecular weight excluding hydrogens is 535 g/mol. The number of alkyl halides is 3. The second-order valence-electron chi connectivity index (χ2n) is 9.85. The summed E-state index contributed by atoms with van der Waals surface area (Å²) in [5, 5.41) is 3.76. The summed E-state index contributed by atoms with van der Waals surface area (Å²) in [6.07, 6.45) is -2.12. The number of ether oxygens (including phenoxy) is 2. The predicted molar refractivity (Wildman–Crippen MR) is 143 cm³/mol. The molecule has 3 N–H and O–H groups in total. The first-order valence-corrected chi connectivity index (χ1v) is 14.7. The Morgan fingerprint density at radius 3 is 2.41 bits per heavy atom. The van der Waals surface area contributed by atoms with E-state index in [1.807, 2.05) is 37.3 Å². The molecule has 39 heavy (non-hydrogen) atoms. The lowest BCUT2D eigenvalue weighted by atomic mass is 9.87. The maximum Gasteiger partial charge on any atom is 0.491 e. The topological polar surface area (TPSA) is 105 Å². The first-order valence-electron chi connectivity index (χ1n) is 13.0. The molecule has 0 bridgehead atoms. The van der Waals surface area contributed by atoms with Crippen molar-refractivity contribution in [1.82, 2.24) is 5.32 Å². The quantitative estimate of drug-likeness (QED) is 0.213. The highest BCUT2D eigenvalue weighted by Gasteiger charge is 2.43. The molecule has 216 valence electrons. The average Bonchev–Trinajstić information content (AvgIpc) is 2.99. The second-order valence-corrected chi connectivity index (χ2v) is 11.9. The van der Waals surface area contributed by atoms with Gasteiger partial charge in [-0.15, -0.1) is 0 Å². The Bertz CT molecular complexity index is 1160. The zero-order valence-electron chi connectivity index (χ0n) is 22.3. The fraction of sp³-hybridized carbons (Fsp3) is 0.500. The Balaban J connectivity index is 1.98. The summed E-state index contributed by atoms with van der Waals surface area (Å²) in [5.41, 5.74) is 1.66. The van der Waals surface area contributed by atoms with Crippen LogP contribution in [0.2, 0.25) is 0 Å². The van der Waals surface area contributed by atoms with Crippen LogP contribution < -0.4 is 10.1 Å². The standard InChI is InChI=1S/C28H36F3NO6S/c1-4-6-15-27(5-2)18-39(35,36)23-16-20(13-10-14-24(33)38-26(34)28(29,30)31)22(37-3)17-21(23)25(32-27)19-11-8-7-9-12-19/h7-9,11-12,16-17,25,32,35-36H,4-6,10,13-15,18H2,1-3H3/t25-,27-/m1/s1. The van der Waals surface area contributed by atoms with E-state index in [1.165, 1.54) is 7.11 Å². The molecule has 3 rings (SSSR count). The monoisotopic (exact) mass is 571 g/mol. The van der Waals surface area contributed by atoms with Crippen molar-refractivity contribution in [3.05, 3.63) is 59.2 Å². The molecule has 11 heteroatoms. The SMILES string of the molecule is CCCC[C@]1(CC)CS(O)(O)c2cc(CCCC(=O)OC(=O)C(F)(F)F)c(OC)cc2[C@@H](c2ccccc2)N1. The molecule has 0 aromatic heterocycles. The normalized spacial score (nSPS) is 21.4. The van der Waals surface area contributed by atoms with E-state index in [0.29, 0.717) is 28.2 Å². The first kappa shape index (κ1) is 30.9. The molecule has 0 spiro atoms. The number of carbonyl (C=O) groups is 2. The van der Waals surface area contributed by atoms with Crippen molar-refractivity contribution < 1.29 is 41.3 Å². The zero-order valence-corrected chi connectivity index (χ0v) is 23.2. The highest BCUT2D eigenvalue weighted by molar-refractivity contribution is 8.24.